The molecule has 0 amide bonds. The molecule has 3 heteroatoms. The van der Waals surface area contributed by atoms with Gasteiger partial charge in [-0.2, -0.15) is 0 Å². The van der Waals surface area contributed by atoms with Crippen LogP contribution in [0.4, 0.5) is 0 Å². The number of hydrogen-bond acceptors (Lipinski definition) is 3. The number of esters is 1. The summed E-state index contributed by atoms with van der Waals surface area (Å²) in [5.41, 5.74) is 0. The summed E-state index contributed by atoms with van der Waals surface area (Å²) in [7, 11) is 0. The Hall–Kier alpha value is -0.570. The Morgan fingerprint density at radius 3 is 2.43 bits per heavy atom. The van der Waals surface area contributed by atoms with Gasteiger partial charge in [0.25, 0.3) is 0 Å². The molecule has 0 spiro atoms. The molecule has 0 saturated heterocycles. The number of carbonyl (C=O) groups is 1. The van der Waals surface area contributed by atoms with E-state index in [0.29, 0.717) is 18.7 Å². The Bertz CT molecular complexity index is 321. The second-order valence-corrected chi connectivity index (χ2v) is 7.33. The predicted octanol–water partition coefficient (Wildman–Crippen LogP) is 3.91. The van der Waals surface area contributed by atoms with Gasteiger partial charge < -0.3 is 10.1 Å². The van der Waals surface area contributed by atoms with Gasteiger partial charge in [-0.1, -0.05) is 26.7 Å². The van der Waals surface area contributed by atoms with E-state index in [2.05, 4.69) is 19.2 Å². The van der Waals surface area contributed by atoms with Crippen molar-refractivity contribution < 1.29 is 9.53 Å². The summed E-state index contributed by atoms with van der Waals surface area (Å²) in [6, 6.07) is 1.32. The average Bonchev–Trinajstić information content (AvgIpc) is 2.48. The van der Waals surface area contributed by atoms with Crippen LogP contribution in [0.15, 0.2) is 0 Å². The Morgan fingerprint density at radius 2 is 1.81 bits per heavy atom. The van der Waals surface area contributed by atoms with Crippen LogP contribution in [0, 0.1) is 17.8 Å². The molecule has 0 aromatic heterocycles. The summed E-state index contributed by atoms with van der Waals surface area (Å²) in [4.78, 5) is 11.8. The fourth-order valence-corrected chi connectivity index (χ4v) is 4.07. The third kappa shape index (κ3) is 4.98. The summed E-state index contributed by atoms with van der Waals surface area (Å²) in [5, 5.41) is 3.88. The van der Waals surface area contributed by atoms with Gasteiger partial charge in [0.2, 0.25) is 0 Å². The average molecular weight is 295 g/mol. The van der Waals surface area contributed by atoms with Crippen molar-refractivity contribution in [1.82, 2.24) is 5.32 Å². The lowest BCUT2D eigenvalue weighted by atomic mass is 9.78. The maximum absolute atomic E-state index is 11.8. The molecule has 2 saturated carbocycles. The monoisotopic (exact) mass is 295 g/mol. The fourth-order valence-electron chi connectivity index (χ4n) is 4.07. The molecule has 3 nitrogen and oxygen atoms in total. The molecule has 2 atom stereocenters. The summed E-state index contributed by atoms with van der Waals surface area (Å²) in [5.74, 6) is 1.88. The third-order valence-corrected chi connectivity index (χ3v) is 5.48. The lowest BCUT2D eigenvalue weighted by molar-refractivity contribution is -0.149. The molecule has 122 valence electrons. The minimum absolute atomic E-state index is 0.0217. The zero-order valence-corrected chi connectivity index (χ0v) is 14.1. The van der Waals surface area contributed by atoms with Crippen molar-refractivity contribution in [3.63, 3.8) is 0 Å². The fraction of sp³-hybridized carbons (Fsp3) is 0.944. The quantitative estimate of drug-likeness (QED) is 0.781. The minimum atomic E-state index is 0.0217. The standard InChI is InChI=1S/C18H33NO2/c1-4-21-18(20)14-8-10-16(11-9-14)19-17-7-5-6-15(12-17)13(2)3/h13-17,19H,4-12H2,1-3H3. The molecular weight excluding hydrogens is 262 g/mol. The Labute approximate surface area is 130 Å². The first-order valence-electron chi connectivity index (χ1n) is 9.02. The highest BCUT2D eigenvalue weighted by molar-refractivity contribution is 5.72. The molecule has 2 aliphatic carbocycles. The summed E-state index contributed by atoms with van der Waals surface area (Å²) in [6.07, 6.45) is 9.72. The highest BCUT2D eigenvalue weighted by Crippen LogP contribution is 2.32. The van der Waals surface area contributed by atoms with Crippen molar-refractivity contribution in [2.75, 3.05) is 6.61 Å². The molecule has 2 rings (SSSR count). The van der Waals surface area contributed by atoms with Crippen LogP contribution in [-0.2, 0) is 9.53 Å². The van der Waals surface area contributed by atoms with Gasteiger partial charge in [-0.3, -0.25) is 4.79 Å². The van der Waals surface area contributed by atoms with Crippen LogP contribution in [0.2, 0.25) is 0 Å². The van der Waals surface area contributed by atoms with Gasteiger partial charge in [0.05, 0.1) is 12.5 Å². The van der Waals surface area contributed by atoms with E-state index in [9.17, 15) is 4.79 Å². The molecule has 0 heterocycles. The van der Waals surface area contributed by atoms with E-state index in [0.717, 1.165) is 37.5 Å². The lowest BCUT2D eigenvalue weighted by Gasteiger charge is -2.36. The smallest absolute Gasteiger partial charge is 0.308 e. The Balaban J connectivity index is 1.72. The van der Waals surface area contributed by atoms with Crippen LogP contribution >= 0.6 is 0 Å². The molecule has 0 radical (unpaired) electrons. The topological polar surface area (TPSA) is 38.3 Å². The number of carbonyl (C=O) groups excluding carboxylic acids is 1. The van der Waals surface area contributed by atoms with Crippen molar-refractivity contribution in [2.24, 2.45) is 17.8 Å². The normalized spacial score (nSPS) is 33.9. The van der Waals surface area contributed by atoms with Gasteiger partial charge in [0, 0.05) is 12.1 Å². The molecule has 2 aliphatic rings. The van der Waals surface area contributed by atoms with E-state index in [1.807, 2.05) is 6.92 Å². The van der Waals surface area contributed by atoms with Crippen molar-refractivity contribution in [2.45, 2.75) is 84.2 Å². The number of hydrogen-bond donors (Lipinski definition) is 1. The lowest BCUT2D eigenvalue weighted by Crippen LogP contribution is -2.44. The highest BCUT2D eigenvalue weighted by atomic mass is 16.5. The van der Waals surface area contributed by atoms with Crippen LogP contribution < -0.4 is 5.32 Å². The summed E-state index contributed by atoms with van der Waals surface area (Å²) >= 11 is 0. The van der Waals surface area contributed by atoms with Gasteiger partial charge in [0.15, 0.2) is 0 Å². The molecule has 0 bridgehead atoms. The van der Waals surface area contributed by atoms with E-state index in [-0.39, 0.29) is 11.9 Å². The van der Waals surface area contributed by atoms with Gasteiger partial charge >= 0.3 is 5.97 Å². The van der Waals surface area contributed by atoms with Gasteiger partial charge in [-0.05, 0) is 57.3 Å². The molecule has 2 unspecified atom stereocenters. The van der Waals surface area contributed by atoms with Crippen LogP contribution in [0.3, 0.4) is 0 Å². The minimum Gasteiger partial charge on any atom is -0.466 e. The number of rotatable bonds is 5. The van der Waals surface area contributed by atoms with Crippen molar-refractivity contribution >= 4 is 5.97 Å². The van der Waals surface area contributed by atoms with Gasteiger partial charge in [0.1, 0.15) is 0 Å². The molecule has 2 fully saturated rings. The molecular formula is C18H33NO2. The molecule has 0 aliphatic heterocycles. The Kier molecular flexibility index (Phi) is 6.53. The Morgan fingerprint density at radius 1 is 1.10 bits per heavy atom. The van der Waals surface area contributed by atoms with Crippen molar-refractivity contribution in [1.29, 1.82) is 0 Å². The largest absolute Gasteiger partial charge is 0.466 e. The predicted molar refractivity (Wildman–Crippen MR) is 86.1 cm³/mol. The molecule has 0 aromatic rings. The number of nitrogens with one attached hydrogen (secondary N) is 1. The SMILES string of the molecule is CCOC(=O)C1CCC(NC2CCCC(C(C)C)C2)CC1. The molecule has 21 heavy (non-hydrogen) atoms. The van der Waals surface area contributed by atoms with E-state index in [1.165, 1.54) is 25.7 Å². The summed E-state index contributed by atoms with van der Waals surface area (Å²) in [6.45, 7) is 7.12. The van der Waals surface area contributed by atoms with E-state index in [4.69, 9.17) is 4.74 Å². The first-order valence-corrected chi connectivity index (χ1v) is 9.02. The van der Waals surface area contributed by atoms with Crippen molar-refractivity contribution in [3.8, 4) is 0 Å². The van der Waals surface area contributed by atoms with E-state index < -0.39 is 0 Å². The van der Waals surface area contributed by atoms with E-state index >= 15 is 0 Å². The highest BCUT2D eigenvalue weighted by Gasteiger charge is 2.30. The third-order valence-electron chi connectivity index (χ3n) is 5.48. The zero-order chi connectivity index (χ0) is 15.2. The first-order chi connectivity index (χ1) is 10.1. The van der Waals surface area contributed by atoms with E-state index in [1.54, 1.807) is 0 Å². The van der Waals surface area contributed by atoms with Crippen LogP contribution in [0.5, 0.6) is 0 Å². The van der Waals surface area contributed by atoms with Crippen LogP contribution in [0.1, 0.15) is 72.1 Å². The zero-order valence-electron chi connectivity index (χ0n) is 14.1. The first kappa shape index (κ1) is 16.8. The second-order valence-electron chi connectivity index (χ2n) is 7.33. The number of ether oxygens (including phenoxy) is 1. The van der Waals surface area contributed by atoms with Gasteiger partial charge in [-0.15, -0.1) is 0 Å². The maximum atomic E-state index is 11.8. The second kappa shape index (κ2) is 8.17. The maximum Gasteiger partial charge on any atom is 0.308 e. The molecule has 0 aromatic carbocycles. The van der Waals surface area contributed by atoms with Crippen LogP contribution in [-0.4, -0.2) is 24.7 Å². The van der Waals surface area contributed by atoms with Crippen molar-refractivity contribution in [3.05, 3.63) is 0 Å². The van der Waals surface area contributed by atoms with Crippen LogP contribution in [0.25, 0.3) is 0 Å². The van der Waals surface area contributed by atoms with Gasteiger partial charge in [-0.25, -0.2) is 0 Å². The summed E-state index contributed by atoms with van der Waals surface area (Å²) < 4.78 is 5.15. The molecule has 1 N–H and O–H groups in total.